The monoisotopic (exact) mass is 315 g/mol. The van der Waals surface area contributed by atoms with Crippen LogP contribution in [0.4, 0.5) is 10.5 Å². The lowest BCUT2D eigenvalue weighted by atomic mass is 9.90. The summed E-state index contributed by atoms with van der Waals surface area (Å²) in [6.45, 7) is 2.31. The first-order valence-electron chi connectivity index (χ1n) is 7.24. The van der Waals surface area contributed by atoms with Crippen molar-refractivity contribution in [2.45, 2.75) is 13.3 Å². The quantitative estimate of drug-likeness (QED) is 0.896. The molecule has 1 saturated heterocycles. The van der Waals surface area contributed by atoms with Crippen LogP contribution in [0.2, 0.25) is 0 Å². The van der Waals surface area contributed by atoms with E-state index in [1.807, 2.05) is 0 Å². The number of carbonyl (C=O) groups is 2. The van der Waals surface area contributed by atoms with E-state index in [0.717, 1.165) is 5.69 Å². The molecule has 2 aromatic rings. The number of aromatic nitrogens is 3. The maximum atomic E-state index is 12.2. The summed E-state index contributed by atoms with van der Waals surface area (Å²) >= 11 is 0. The van der Waals surface area contributed by atoms with Crippen molar-refractivity contribution >= 4 is 17.7 Å². The highest BCUT2D eigenvalue weighted by Gasteiger charge is 2.42. The van der Waals surface area contributed by atoms with E-state index in [2.05, 4.69) is 15.5 Å². The normalized spacial score (nSPS) is 20.5. The molecule has 0 radical (unpaired) electrons. The number of anilines is 1. The first-order valence-corrected chi connectivity index (χ1v) is 7.24. The number of nitrogens with zero attached hydrogens (tertiary/aromatic N) is 4. The van der Waals surface area contributed by atoms with Crippen LogP contribution in [0.15, 0.2) is 36.7 Å². The van der Waals surface area contributed by atoms with Gasteiger partial charge >= 0.3 is 12.0 Å². The van der Waals surface area contributed by atoms with Gasteiger partial charge in [-0.25, -0.2) is 4.79 Å². The maximum Gasteiger partial charge on any atom is 0.321 e. The van der Waals surface area contributed by atoms with Crippen LogP contribution in [-0.4, -0.2) is 50.1 Å². The van der Waals surface area contributed by atoms with E-state index in [1.165, 1.54) is 9.70 Å². The first kappa shape index (κ1) is 15.0. The van der Waals surface area contributed by atoms with Gasteiger partial charge in [-0.1, -0.05) is 0 Å². The number of carboxylic acid groups (broad SMARTS) is 1. The SMILES string of the molecule is CC1(C(=O)O)CCN(C(=O)Nc2ccc(-n3nccn3)cc2)C1. The standard InChI is InChI=1S/C15H17N5O3/c1-15(13(21)22)6-9-19(10-15)14(23)18-11-2-4-12(5-3-11)20-16-7-8-17-20/h2-5,7-8H,6,9-10H2,1H3,(H,18,23)(H,21,22). The first-order chi connectivity index (χ1) is 11.0. The molecule has 3 rings (SSSR count). The zero-order valence-corrected chi connectivity index (χ0v) is 12.6. The number of carbonyl (C=O) groups excluding carboxylic acids is 1. The Hall–Kier alpha value is -2.90. The molecule has 1 atom stereocenters. The van der Waals surface area contributed by atoms with Gasteiger partial charge in [-0.2, -0.15) is 15.0 Å². The molecule has 1 aromatic heterocycles. The van der Waals surface area contributed by atoms with Gasteiger partial charge in [0.2, 0.25) is 0 Å². The van der Waals surface area contributed by atoms with Crippen molar-refractivity contribution in [3.63, 3.8) is 0 Å². The number of likely N-dealkylation sites (tertiary alicyclic amines) is 1. The lowest BCUT2D eigenvalue weighted by molar-refractivity contribution is -0.146. The van der Waals surface area contributed by atoms with Crippen molar-refractivity contribution < 1.29 is 14.7 Å². The molecule has 2 N–H and O–H groups in total. The molecule has 120 valence electrons. The number of nitrogens with one attached hydrogen (secondary N) is 1. The molecule has 23 heavy (non-hydrogen) atoms. The number of rotatable bonds is 3. The largest absolute Gasteiger partial charge is 0.481 e. The second-order valence-corrected chi connectivity index (χ2v) is 5.83. The maximum absolute atomic E-state index is 12.2. The summed E-state index contributed by atoms with van der Waals surface area (Å²) in [4.78, 5) is 26.5. The average molecular weight is 315 g/mol. The van der Waals surface area contributed by atoms with E-state index in [0.29, 0.717) is 18.7 Å². The third-order valence-corrected chi connectivity index (χ3v) is 4.05. The molecule has 0 aliphatic carbocycles. The van der Waals surface area contributed by atoms with Gasteiger partial charge < -0.3 is 15.3 Å². The molecule has 8 nitrogen and oxygen atoms in total. The van der Waals surface area contributed by atoms with Gasteiger partial charge in [-0.15, -0.1) is 0 Å². The summed E-state index contributed by atoms with van der Waals surface area (Å²) < 4.78 is 0. The highest BCUT2D eigenvalue weighted by atomic mass is 16.4. The second kappa shape index (κ2) is 5.71. The van der Waals surface area contributed by atoms with Crippen LogP contribution >= 0.6 is 0 Å². The van der Waals surface area contributed by atoms with Crippen molar-refractivity contribution in [1.82, 2.24) is 19.9 Å². The highest BCUT2D eigenvalue weighted by Crippen LogP contribution is 2.30. The molecule has 2 heterocycles. The highest BCUT2D eigenvalue weighted by molar-refractivity contribution is 5.90. The Bertz CT molecular complexity index is 713. The van der Waals surface area contributed by atoms with Gasteiger partial charge in [-0.05, 0) is 37.6 Å². The molecule has 1 aliphatic rings. The third kappa shape index (κ3) is 3.01. The zero-order chi connectivity index (χ0) is 16.4. The Morgan fingerprint density at radius 2 is 1.87 bits per heavy atom. The van der Waals surface area contributed by atoms with E-state index in [-0.39, 0.29) is 12.6 Å². The predicted octanol–water partition coefficient (Wildman–Crippen LogP) is 1.60. The molecule has 1 aliphatic heterocycles. The molecule has 0 bridgehead atoms. The van der Waals surface area contributed by atoms with Crippen molar-refractivity contribution in [3.05, 3.63) is 36.7 Å². The van der Waals surface area contributed by atoms with Crippen molar-refractivity contribution in [2.75, 3.05) is 18.4 Å². The minimum atomic E-state index is -0.871. The number of benzene rings is 1. The van der Waals surface area contributed by atoms with E-state index in [9.17, 15) is 14.7 Å². The Kier molecular flexibility index (Phi) is 3.73. The Morgan fingerprint density at radius 3 is 2.43 bits per heavy atom. The minimum absolute atomic E-state index is 0.212. The number of aliphatic carboxylic acids is 1. The van der Waals surface area contributed by atoms with Gasteiger partial charge in [-0.3, -0.25) is 4.79 Å². The summed E-state index contributed by atoms with van der Waals surface area (Å²) in [5, 5.41) is 20.0. The fourth-order valence-electron chi connectivity index (χ4n) is 2.54. The smallest absolute Gasteiger partial charge is 0.321 e. The van der Waals surface area contributed by atoms with Crippen LogP contribution in [0.3, 0.4) is 0 Å². The lowest BCUT2D eigenvalue weighted by Crippen LogP contribution is -2.37. The van der Waals surface area contributed by atoms with Gasteiger partial charge in [0.1, 0.15) is 0 Å². The molecular weight excluding hydrogens is 298 g/mol. The topological polar surface area (TPSA) is 100 Å². The van der Waals surface area contributed by atoms with Crippen LogP contribution in [0, 0.1) is 5.41 Å². The number of amides is 2. The summed E-state index contributed by atoms with van der Waals surface area (Å²) in [5.74, 6) is -0.871. The van der Waals surface area contributed by atoms with Crippen LogP contribution in [0.25, 0.3) is 5.69 Å². The number of hydrogen-bond acceptors (Lipinski definition) is 4. The van der Waals surface area contributed by atoms with Crippen LogP contribution < -0.4 is 5.32 Å². The predicted molar refractivity (Wildman–Crippen MR) is 82.3 cm³/mol. The second-order valence-electron chi connectivity index (χ2n) is 5.83. The van der Waals surface area contributed by atoms with Crippen molar-refractivity contribution in [2.24, 2.45) is 5.41 Å². The summed E-state index contributed by atoms with van der Waals surface area (Å²) in [6.07, 6.45) is 3.63. The minimum Gasteiger partial charge on any atom is -0.481 e. The van der Waals surface area contributed by atoms with E-state index >= 15 is 0 Å². The van der Waals surface area contributed by atoms with E-state index < -0.39 is 11.4 Å². The summed E-state index contributed by atoms with van der Waals surface area (Å²) in [6, 6.07) is 6.80. The molecular formula is C15H17N5O3. The Labute approximate surface area is 132 Å². The van der Waals surface area contributed by atoms with Gasteiger partial charge in [0.15, 0.2) is 0 Å². The van der Waals surface area contributed by atoms with Crippen LogP contribution in [0.1, 0.15) is 13.3 Å². The Balaban J connectivity index is 1.64. The van der Waals surface area contributed by atoms with Gasteiger partial charge in [0, 0.05) is 18.8 Å². The summed E-state index contributed by atoms with van der Waals surface area (Å²) in [7, 11) is 0. The van der Waals surface area contributed by atoms with Crippen molar-refractivity contribution in [3.8, 4) is 5.69 Å². The molecule has 0 spiro atoms. The number of carboxylic acids is 1. The fourth-order valence-corrected chi connectivity index (χ4v) is 2.54. The molecule has 1 fully saturated rings. The van der Waals surface area contributed by atoms with Gasteiger partial charge in [0.05, 0.1) is 23.5 Å². The van der Waals surface area contributed by atoms with E-state index in [1.54, 1.807) is 43.6 Å². The molecule has 1 aromatic carbocycles. The van der Waals surface area contributed by atoms with E-state index in [4.69, 9.17) is 0 Å². The zero-order valence-electron chi connectivity index (χ0n) is 12.6. The molecule has 1 unspecified atom stereocenters. The van der Waals surface area contributed by atoms with Gasteiger partial charge in [0.25, 0.3) is 0 Å². The van der Waals surface area contributed by atoms with Crippen molar-refractivity contribution in [1.29, 1.82) is 0 Å². The molecule has 0 saturated carbocycles. The molecule has 2 amide bonds. The fraction of sp³-hybridized carbons (Fsp3) is 0.333. The molecule has 8 heteroatoms. The summed E-state index contributed by atoms with van der Waals surface area (Å²) in [5.41, 5.74) is 0.551. The number of urea groups is 1. The average Bonchev–Trinajstić information content (AvgIpc) is 3.18. The van der Waals surface area contributed by atoms with Crippen LogP contribution in [0.5, 0.6) is 0 Å². The Morgan fingerprint density at radius 1 is 1.22 bits per heavy atom. The third-order valence-electron chi connectivity index (χ3n) is 4.05. The lowest BCUT2D eigenvalue weighted by Gasteiger charge is -2.20. The van der Waals surface area contributed by atoms with Crippen LogP contribution in [-0.2, 0) is 4.79 Å². The number of hydrogen-bond donors (Lipinski definition) is 2.